The van der Waals surface area contributed by atoms with Crippen molar-refractivity contribution in [3.63, 3.8) is 0 Å². The van der Waals surface area contributed by atoms with Crippen LogP contribution in [0.4, 0.5) is 11.8 Å². The summed E-state index contributed by atoms with van der Waals surface area (Å²) in [6.45, 7) is 0. The Kier molecular flexibility index (Phi) is 4.61. The molecule has 0 aliphatic rings. The normalized spacial score (nSPS) is 11.1. The average molecular weight is 417 g/mol. The molecule has 0 aliphatic heterocycles. The van der Waals surface area contributed by atoms with Crippen molar-refractivity contribution in [1.29, 1.82) is 0 Å². The number of aryl methyl sites for hydroxylation is 1. The molecule has 0 bridgehead atoms. The van der Waals surface area contributed by atoms with Crippen LogP contribution in [-0.4, -0.2) is 34.3 Å². The highest BCUT2D eigenvalue weighted by Crippen LogP contribution is 2.22. The first-order chi connectivity index (χ1) is 14.7. The molecule has 0 amide bonds. The number of rotatable bonds is 5. The van der Waals surface area contributed by atoms with Crippen molar-refractivity contribution >= 4 is 29.0 Å². The molecular weight excluding hydrogens is 400 g/mol. The average Bonchev–Trinajstić information content (AvgIpc) is 3.34. The van der Waals surface area contributed by atoms with Crippen molar-refractivity contribution in [3.8, 4) is 11.3 Å². The quantitative estimate of drug-likeness (QED) is 0.467. The van der Waals surface area contributed by atoms with Crippen LogP contribution in [0.1, 0.15) is 11.4 Å². The number of pyridine rings is 1. The molecule has 0 atom stereocenters. The zero-order valence-corrected chi connectivity index (χ0v) is 16.8. The van der Waals surface area contributed by atoms with Crippen LogP contribution in [0.5, 0.6) is 0 Å². The van der Waals surface area contributed by atoms with Crippen molar-refractivity contribution in [2.75, 3.05) is 5.32 Å². The summed E-state index contributed by atoms with van der Waals surface area (Å²) in [5, 5.41) is 16.7. The topological polar surface area (TPSA) is 85.8 Å². The standard InChI is InChI=1S/C21H17ClN8/c1-29-18(6-9-24-29)26-21-23-8-5-17(25-21)15-7-10-30-19(27-28-20(30)13-15)12-14-3-2-4-16(22)11-14/h2-11,13H,12H2,1H3,(H,23,25,26). The number of nitrogens with one attached hydrogen (secondary N) is 1. The molecule has 4 heterocycles. The molecule has 0 saturated heterocycles. The summed E-state index contributed by atoms with van der Waals surface area (Å²) in [6, 6.07) is 15.4. The lowest BCUT2D eigenvalue weighted by atomic mass is 10.1. The Morgan fingerprint density at radius 1 is 1.03 bits per heavy atom. The smallest absolute Gasteiger partial charge is 0.228 e. The van der Waals surface area contributed by atoms with Gasteiger partial charge in [0.05, 0.1) is 11.9 Å². The van der Waals surface area contributed by atoms with E-state index in [9.17, 15) is 0 Å². The molecule has 5 rings (SSSR count). The number of anilines is 2. The summed E-state index contributed by atoms with van der Waals surface area (Å²) in [6.07, 6.45) is 6.04. The predicted octanol–water partition coefficient (Wildman–Crippen LogP) is 3.91. The third-order valence-corrected chi connectivity index (χ3v) is 4.98. The molecular formula is C21H17ClN8. The Morgan fingerprint density at radius 3 is 2.80 bits per heavy atom. The molecule has 0 aliphatic carbocycles. The highest BCUT2D eigenvalue weighted by atomic mass is 35.5. The summed E-state index contributed by atoms with van der Waals surface area (Å²) in [5.74, 6) is 2.16. The van der Waals surface area contributed by atoms with Crippen LogP contribution in [0.15, 0.2) is 67.1 Å². The zero-order chi connectivity index (χ0) is 20.5. The third-order valence-electron chi connectivity index (χ3n) is 4.74. The van der Waals surface area contributed by atoms with E-state index in [2.05, 4.69) is 30.6 Å². The molecule has 0 saturated carbocycles. The molecule has 0 fully saturated rings. The molecule has 0 spiro atoms. The van der Waals surface area contributed by atoms with E-state index in [4.69, 9.17) is 11.6 Å². The second-order valence-corrected chi connectivity index (χ2v) is 7.23. The summed E-state index contributed by atoms with van der Waals surface area (Å²) in [5.41, 5.74) is 3.56. The zero-order valence-electron chi connectivity index (χ0n) is 16.1. The predicted molar refractivity (Wildman–Crippen MR) is 115 cm³/mol. The number of halogens is 1. The van der Waals surface area contributed by atoms with E-state index >= 15 is 0 Å². The van der Waals surface area contributed by atoms with Gasteiger partial charge in [-0.05, 0) is 35.9 Å². The van der Waals surface area contributed by atoms with Crippen LogP contribution < -0.4 is 5.32 Å². The lowest BCUT2D eigenvalue weighted by Gasteiger charge is -2.07. The van der Waals surface area contributed by atoms with Gasteiger partial charge in [-0.25, -0.2) is 9.97 Å². The van der Waals surface area contributed by atoms with E-state index < -0.39 is 0 Å². The molecule has 5 aromatic rings. The maximum Gasteiger partial charge on any atom is 0.228 e. The van der Waals surface area contributed by atoms with Crippen LogP contribution in [0.25, 0.3) is 16.9 Å². The SMILES string of the molecule is Cn1nccc1Nc1nccc(-c2ccn3c(Cc4cccc(Cl)c4)nnc3c2)n1. The van der Waals surface area contributed by atoms with Crippen LogP contribution in [0.2, 0.25) is 5.02 Å². The Balaban J connectivity index is 1.43. The Hall–Kier alpha value is -3.78. The fourth-order valence-corrected chi connectivity index (χ4v) is 3.45. The van der Waals surface area contributed by atoms with E-state index in [1.807, 2.05) is 66.2 Å². The first kappa shape index (κ1) is 18.3. The van der Waals surface area contributed by atoms with E-state index in [0.717, 1.165) is 34.1 Å². The van der Waals surface area contributed by atoms with Crippen LogP contribution in [0.3, 0.4) is 0 Å². The van der Waals surface area contributed by atoms with Gasteiger partial charge < -0.3 is 5.32 Å². The van der Waals surface area contributed by atoms with Gasteiger partial charge >= 0.3 is 0 Å². The van der Waals surface area contributed by atoms with Gasteiger partial charge in [-0.2, -0.15) is 5.10 Å². The molecule has 0 radical (unpaired) electrons. The van der Waals surface area contributed by atoms with Crippen molar-refractivity contribution in [1.82, 2.24) is 34.3 Å². The minimum absolute atomic E-state index is 0.499. The maximum atomic E-state index is 6.09. The van der Waals surface area contributed by atoms with Gasteiger partial charge in [0.15, 0.2) is 5.65 Å². The molecule has 148 valence electrons. The lowest BCUT2D eigenvalue weighted by Crippen LogP contribution is -2.03. The van der Waals surface area contributed by atoms with E-state index in [1.165, 1.54) is 0 Å². The Bertz CT molecular complexity index is 1340. The van der Waals surface area contributed by atoms with Gasteiger partial charge in [0.1, 0.15) is 11.6 Å². The fraction of sp³-hybridized carbons (Fsp3) is 0.0952. The first-order valence-corrected chi connectivity index (χ1v) is 9.70. The molecule has 1 N–H and O–H groups in total. The minimum Gasteiger partial charge on any atom is -0.309 e. The number of nitrogens with zero attached hydrogens (tertiary/aromatic N) is 7. The van der Waals surface area contributed by atoms with Crippen LogP contribution in [0, 0.1) is 0 Å². The van der Waals surface area contributed by atoms with E-state index in [0.29, 0.717) is 17.4 Å². The van der Waals surface area contributed by atoms with Crippen molar-refractivity contribution in [3.05, 3.63) is 83.5 Å². The number of fused-ring (bicyclic) bond motifs is 1. The van der Waals surface area contributed by atoms with Gasteiger partial charge in [-0.3, -0.25) is 9.08 Å². The molecule has 9 heteroatoms. The first-order valence-electron chi connectivity index (χ1n) is 9.32. The minimum atomic E-state index is 0.499. The van der Waals surface area contributed by atoms with Crippen molar-refractivity contribution < 1.29 is 0 Å². The second-order valence-electron chi connectivity index (χ2n) is 6.80. The molecule has 8 nitrogen and oxygen atoms in total. The molecule has 0 unspecified atom stereocenters. The summed E-state index contributed by atoms with van der Waals surface area (Å²) in [7, 11) is 1.85. The number of hydrogen-bond donors (Lipinski definition) is 1. The van der Waals surface area contributed by atoms with Crippen molar-refractivity contribution in [2.24, 2.45) is 7.05 Å². The summed E-state index contributed by atoms with van der Waals surface area (Å²) >= 11 is 6.09. The van der Waals surface area contributed by atoms with Gasteiger partial charge in [0.2, 0.25) is 5.95 Å². The summed E-state index contributed by atoms with van der Waals surface area (Å²) < 4.78 is 3.69. The van der Waals surface area contributed by atoms with Crippen LogP contribution >= 0.6 is 11.6 Å². The van der Waals surface area contributed by atoms with E-state index in [-0.39, 0.29) is 0 Å². The number of aromatic nitrogens is 7. The Labute approximate surface area is 177 Å². The highest BCUT2D eigenvalue weighted by Gasteiger charge is 2.10. The fourth-order valence-electron chi connectivity index (χ4n) is 3.24. The molecule has 30 heavy (non-hydrogen) atoms. The highest BCUT2D eigenvalue weighted by molar-refractivity contribution is 6.30. The van der Waals surface area contributed by atoms with Gasteiger partial charge in [-0.1, -0.05) is 23.7 Å². The van der Waals surface area contributed by atoms with Crippen molar-refractivity contribution in [2.45, 2.75) is 6.42 Å². The third kappa shape index (κ3) is 3.60. The maximum absolute atomic E-state index is 6.09. The summed E-state index contributed by atoms with van der Waals surface area (Å²) in [4.78, 5) is 8.91. The monoisotopic (exact) mass is 416 g/mol. The number of benzene rings is 1. The van der Waals surface area contributed by atoms with Crippen LogP contribution in [-0.2, 0) is 13.5 Å². The van der Waals surface area contributed by atoms with Gasteiger partial charge in [0.25, 0.3) is 0 Å². The van der Waals surface area contributed by atoms with Gasteiger partial charge in [0, 0.05) is 42.5 Å². The van der Waals surface area contributed by atoms with E-state index in [1.54, 1.807) is 17.1 Å². The molecule has 1 aromatic carbocycles. The van der Waals surface area contributed by atoms with Gasteiger partial charge in [-0.15, -0.1) is 10.2 Å². The molecule has 4 aromatic heterocycles. The Morgan fingerprint density at radius 2 is 1.97 bits per heavy atom. The second kappa shape index (κ2) is 7.57. The lowest BCUT2D eigenvalue weighted by molar-refractivity contribution is 0.775. The number of hydrogen-bond acceptors (Lipinski definition) is 6. The largest absolute Gasteiger partial charge is 0.309 e.